The van der Waals surface area contributed by atoms with Gasteiger partial charge in [-0.3, -0.25) is 0 Å². The molecule has 0 unspecified atom stereocenters. The van der Waals surface area contributed by atoms with E-state index in [-0.39, 0.29) is 0 Å². The average molecular weight is 766 g/mol. The Hall–Kier alpha value is -7.94. The molecule has 60 heavy (non-hydrogen) atoms. The van der Waals surface area contributed by atoms with Crippen LogP contribution in [0.4, 0.5) is 17.1 Å². The van der Waals surface area contributed by atoms with E-state index in [9.17, 15) is 0 Å². The number of hydrogen-bond donors (Lipinski definition) is 0. The highest BCUT2D eigenvalue weighted by Gasteiger charge is 2.18. The van der Waals surface area contributed by atoms with E-state index in [0.29, 0.717) is 0 Å². The molecule has 2 nitrogen and oxygen atoms in total. The van der Waals surface area contributed by atoms with E-state index in [1.165, 1.54) is 49.7 Å². The van der Waals surface area contributed by atoms with Crippen LogP contribution in [0.1, 0.15) is 0 Å². The Morgan fingerprint density at radius 2 is 0.767 bits per heavy atom. The van der Waals surface area contributed by atoms with E-state index in [2.05, 4.69) is 235 Å². The van der Waals surface area contributed by atoms with Crippen molar-refractivity contribution in [2.75, 3.05) is 4.90 Å². The van der Waals surface area contributed by atoms with Crippen molar-refractivity contribution in [3.8, 4) is 55.6 Å². The zero-order valence-electron chi connectivity index (χ0n) is 32.9. The summed E-state index contributed by atoms with van der Waals surface area (Å²) >= 11 is 0. The molecule has 1 aromatic heterocycles. The average Bonchev–Trinajstić information content (AvgIpc) is 3.72. The van der Waals surface area contributed by atoms with Gasteiger partial charge in [-0.25, -0.2) is 0 Å². The number of hydrogen-bond acceptors (Lipinski definition) is 2. The maximum Gasteiger partial charge on any atom is 0.143 e. The molecule has 282 valence electrons. The lowest BCUT2D eigenvalue weighted by molar-refractivity contribution is 0.670. The summed E-state index contributed by atoms with van der Waals surface area (Å²) in [6, 6.07) is 84.7. The molecule has 0 bridgehead atoms. The number of para-hydroxylation sites is 3. The van der Waals surface area contributed by atoms with Crippen LogP contribution >= 0.6 is 0 Å². The molecule has 0 saturated heterocycles. The summed E-state index contributed by atoms with van der Waals surface area (Å²) in [6.45, 7) is 0. The molecule has 11 aromatic rings. The van der Waals surface area contributed by atoms with E-state index in [0.717, 1.165) is 55.7 Å². The lowest BCUT2D eigenvalue weighted by atomic mass is 9.90. The van der Waals surface area contributed by atoms with Gasteiger partial charge in [-0.1, -0.05) is 188 Å². The molecule has 10 aromatic carbocycles. The lowest BCUT2D eigenvalue weighted by Crippen LogP contribution is -2.09. The third-order valence-corrected chi connectivity index (χ3v) is 11.7. The number of rotatable bonds is 8. The van der Waals surface area contributed by atoms with Crippen LogP contribution in [0.2, 0.25) is 0 Å². The molecule has 0 aliphatic rings. The van der Waals surface area contributed by atoms with Gasteiger partial charge in [-0.15, -0.1) is 0 Å². The summed E-state index contributed by atoms with van der Waals surface area (Å²) in [5.74, 6) is 0. The van der Waals surface area contributed by atoms with E-state index < -0.39 is 0 Å². The Balaban J connectivity index is 0.950. The van der Waals surface area contributed by atoms with Gasteiger partial charge in [0.05, 0.1) is 0 Å². The summed E-state index contributed by atoms with van der Waals surface area (Å²) in [5, 5.41) is 4.68. The largest absolute Gasteiger partial charge is 0.455 e. The maximum absolute atomic E-state index is 6.53. The molecule has 0 radical (unpaired) electrons. The van der Waals surface area contributed by atoms with Crippen molar-refractivity contribution in [3.05, 3.63) is 237 Å². The van der Waals surface area contributed by atoms with Crippen LogP contribution in [0, 0.1) is 0 Å². The zero-order valence-corrected chi connectivity index (χ0v) is 32.9. The van der Waals surface area contributed by atoms with Crippen LogP contribution in [0.5, 0.6) is 0 Å². The van der Waals surface area contributed by atoms with E-state index in [4.69, 9.17) is 4.42 Å². The fourth-order valence-electron chi connectivity index (χ4n) is 8.85. The van der Waals surface area contributed by atoms with Gasteiger partial charge >= 0.3 is 0 Å². The molecule has 0 amide bonds. The second kappa shape index (κ2) is 15.1. The molecule has 0 aliphatic carbocycles. The Morgan fingerprint density at radius 3 is 1.52 bits per heavy atom. The summed E-state index contributed by atoms with van der Waals surface area (Å²) in [5.41, 5.74) is 16.9. The standard InChI is InChI=1S/C58H39NO/c1-3-15-41(16-4-1)49-23-7-8-24-50(49)45-20-11-19-44(39-45)40-31-35-47(36-32-40)59(46-21-5-2-6-22-46)48-37-33-42(34-38-48)51-26-12-17-43-18-13-27-53(57(43)51)55-29-14-28-54-52-25-9-10-30-56(52)60-58(54)55/h1-39H. The molecule has 0 N–H and O–H groups in total. The fourth-order valence-corrected chi connectivity index (χ4v) is 8.85. The Bertz CT molecular complexity index is 3290. The molecule has 2 heteroatoms. The molecule has 0 aliphatic heterocycles. The molecule has 0 spiro atoms. The first-order valence-corrected chi connectivity index (χ1v) is 20.5. The first-order chi connectivity index (χ1) is 29.8. The van der Waals surface area contributed by atoms with Crippen LogP contribution in [0.3, 0.4) is 0 Å². The zero-order chi connectivity index (χ0) is 39.8. The third kappa shape index (κ3) is 6.32. The molecule has 11 rings (SSSR count). The number of nitrogens with zero attached hydrogens (tertiary/aromatic N) is 1. The molecule has 1 heterocycles. The summed E-state index contributed by atoms with van der Waals surface area (Å²) in [7, 11) is 0. The predicted molar refractivity (Wildman–Crippen MR) is 253 cm³/mol. The molecule has 0 saturated carbocycles. The monoisotopic (exact) mass is 765 g/mol. The van der Waals surface area contributed by atoms with Gasteiger partial charge < -0.3 is 9.32 Å². The topological polar surface area (TPSA) is 16.4 Å². The van der Waals surface area contributed by atoms with Crippen molar-refractivity contribution in [2.45, 2.75) is 0 Å². The number of anilines is 3. The van der Waals surface area contributed by atoms with Gasteiger partial charge in [0, 0.05) is 33.4 Å². The second-order valence-electron chi connectivity index (χ2n) is 15.2. The van der Waals surface area contributed by atoms with Gasteiger partial charge in [0.2, 0.25) is 0 Å². The van der Waals surface area contributed by atoms with Crippen LogP contribution in [0.25, 0.3) is 88.3 Å². The highest BCUT2D eigenvalue weighted by atomic mass is 16.3. The highest BCUT2D eigenvalue weighted by Crippen LogP contribution is 2.43. The number of fused-ring (bicyclic) bond motifs is 4. The van der Waals surface area contributed by atoms with Crippen molar-refractivity contribution >= 4 is 49.8 Å². The second-order valence-corrected chi connectivity index (χ2v) is 15.2. The quantitative estimate of drug-likeness (QED) is 0.153. The number of furan rings is 1. The Morgan fingerprint density at radius 1 is 0.283 bits per heavy atom. The van der Waals surface area contributed by atoms with Gasteiger partial charge in [-0.2, -0.15) is 0 Å². The Kier molecular flexibility index (Phi) is 8.87. The third-order valence-electron chi connectivity index (χ3n) is 11.7. The van der Waals surface area contributed by atoms with Gasteiger partial charge in [0.1, 0.15) is 11.2 Å². The fraction of sp³-hybridized carbons (Fsp3) is 0. The van der Waals surface area contributed by atoms with Crippen molar-refractivity contribution in [1.29, 1.82) is 0 Å². The van der Waals surface area contributed by atoms with Crippen LogP contribution in [-0.4, -0.2) is 0 Å². The number of benzene rings is 10. The van der Waals surface area contributed by atoms with Crippen LogP contribution < -0.4 is 4.90 Å². The summed E-state index contributed by atoms with van der Waals surface area (Å²) < 4.78 is 6.53. The van der Waals surface area contributed by atoms with Gasteiger partial charge in [-0.05, 0) is 109 Å². The SMILES string of the molecule is c1ccc(-c2ccccc2-c2cccc(-c3ccc(N(c4ccccc4)c4ccc(-c5cccc6cccc(-c7cccc8c7oc7ccccc78)c56)cc4)cc3)c2)cc1. The van der Waals surface area contributed by atoms with E-state index >= 15 is 0 Å². The smallest absolute Gasteiger partial charge is 0.143 e. The highest BCUT2D eigenvalue weighted by molar-refractivity contribution is 6.14. The molecular formula is C58H39NO. The minimum absolute atomic E-state index is 0.906. The van der Waals surface area contributed by atoms with E-state index in [1.807, 2.05) is 6.07 Å². The summed E-state index contributed by atoms with van der Waals surface area (Å²) in [6.07, 6.45) is 0. The van der Waals surface area contributed by atoms with Crippen molar-refractivity contribution in [2.24, 2.45) is 0 Å². The van der Waals surface area contributed by atoms with Crippen LogP contribution in [0.15, 0.2) is 241 Å². The lowest BCUT2D eigenvalue weighted by Gasteiger charge is -2.26. The molecule has 0 atom stereocenters. The summed E-state index contributed by atoms with van der Waals surface area (Å²) in [4.78, 5) is 2.33. The van der Waals surface area contributed by atoms with Crippen molar-refractivity contribution in [3.63, 3.8) is 0 Å². The van der Waals surface area contributed by atoms with Gasteiger partial charge in [0.15, 0.2) is 0 Å². The van der Waals surface area contributed by atoms with Crippen LogP contribution in [-0.2, 0) is 0 Å². The van der Waals surface area contributed by atoms with Crippen molar-refractivity contribution in [1.82, 2.24) is 0 Å². The minimum atomic E-state index is 0.906. The van der Waals surface area contributed by atoms with Crippen molar-refractivity contribution < 1.29 is 4.42 Å². The van der Waals surface area contributed by atoms with Gasteiger partial charge in [0.25, 0.3) is 0 Å². The maximum atomic E-state index is 6.53. The minimum Gasteiger partial charge on any atom is -0.455 e. The molecule has 0 fully saturated rings. The Labute approximate surface area is 349 Å². The normalized spacial score (nSPS) is 11.3. The first-order valence-electron chi connectivity index (χ1n) is 20.5. The first kappa shape index (κ1) is 35.2. The van der Waals surface area contributed by atoms with E-state index in [1.54, 1.807) is 0 Å². The molecular weight excluding hydrogens is 727 g/mol. The predicted octanol–water partition coefficient (Wildman–Crippen LogP) is 16.5.